The minimum absolute atomic E-state index is 0.375. The lowest BCUT2D eigenvalue weighted by Crippen LogP contribution is -1.99. The molecule has 2 N–H and O–H groups in total. The molecule has 0 aromatic carbocycles. The molecule has 0 atom stereocenters. The van der Waals surface area contributed by atoms with Crippen LogP contribution in [0.3, 0.4) is 0 Å². The van der Waals surface area contributed by atoms with E-state index in [0.717, 1.165) is 33.2 Å². The monoisotopic (exact) mass is 630 g/mol. The van der Waals surface area contributed by atoms with Gasteiger partial charge in [-0.3, -0.25) is 4.79 Å². The van der Waals surface area contributed by atoms with E-state index in [1.165, 1.54) is 18.5 Å². The molecule has 0 spiro atoms. The molecule has 0 radical (unpaired) electrons. The second-order valence-corrected chi connectivity index (χ2v) is 9.78. The van der Waals surface area contributed by atoms with Gasteiger partial charge in [-0.2, -0.15) is 0 Å². The number of anilines is 1. The number of hydrogen-bond acceptors (Lipinski definition) is 6. The zero-order chi connectivity index (χ0) is 23.3. The first-order valence-electron chi connectivity index (χ1n) is 10.1. The lowest BCUT2D eigenvalue weighted by atomic mass is 10.3. The van der Waals surface area contributed by atoms with E-state index in [2.05, 4.69) is 64.0 Å². The highest BCUT2D eigenvalue weighted by Gasteiger charge is 2.28. The number of aromatic nitrogens is 3. The van der Waals surface area contributed by atoms with Crippen LogP contribution < -0.4 is 15.2 Å². The topological polar surface area (TPSA) is 91.7 Å². The number of pyridine rings is 2. The third-order valence-electron chi connectivity index (χ3n) is 4.97. The van der Waals surface area contributed by atoms with E-state index in [4.69, 9.17) is 15.2 Å². The van der Waals surface area contributed by atoms with Gasteiger partial charge in [0, 0.05) is 42.6 Å². The smallest absolute Gasteiger partial charge is 0.146 e. The van der Waals surface area contributed by atoms with Gasteiger partial charge in [-0.1, -0.05) is 15.9 Å². The summed E-state index contributed by atoms with van der Waals surface area (Å²) >= 11 is 9.82. The molecule has 5 rings (SSSR count). The van der Waals surface area contributed by atoms with Gasteiger partial charge >= 0.3 is 0 Å². The number of fused-ring (bicyclic) bond motifs is 1. The van der Waals surface area contributed by atoms with Crippen LogP contribution in [0.15, 0.2) is 39.7 Å². The summed E-state index contributed by atoms with van der Waals surface area (Å²) in [4.78, 5) is 19.0. The maximum Gasteiger partial charge on any atom is 0.146 e. The summed E-state index contributed by atoms with van der Waals surface area (Å²) in [5.74, 6) is 3.48. The zero-order valence-corrected chi connectivity index (χ0v) is 22.6. The molecule has 2 fully saturated rings. The van der Waals surface area contributed by atoms with E-state index in [-0.39, 0.29) is 0 Å². The summed E-state index contributed by atoms with van der Waals surface area (Å²) in [6, 6.07) is 3.61. The summed E-state index contributed by atoms with van der Waals surface area (Å²) in [6.45, 7) is 0. The minimum atomic E-state index is 0.375. The van der Waals surface area contributed by atoms with Crippen molar-refractivity contribution in [1.29, 1.82) is 0 Å². The normalized spacial score (nSPS) is 14.7. The number of alkyl halides is 1. The van der Waals surface area contributed by atoms with Crippen LogP contribution in [0.25, 0.3) is 5.65 Å². The van der Waals surface area contributed by atoms with Crippen LogP contribution in [0.2, 0.25) is 0 Å². The van der Waals surface area contributed by atoms with Crippen molar-refractivity contribution in [3.05, 3.63) is 45.4 Å². The largest absolute Gasteiger partial charge is 0.495 e. The average Bonchev–Trinajstić information content (AvgIpc) is 3.72. The Balaban J connectivity index is 0.000000147. The Morgan fingerprint density at radius 2 is 1.75 bits per heavy atom. The predicted octanol–water partition coefficient (Wildman–Crippen LogP) is 5.78. The van der Waals surface area contributed by atoms with E-state index >= 15 is 0 Å². The van der Waals surface area contributed by atoms with Gasteiger partial charge in [0.1, 0.15) is 28.7 Å². The van der Waals surface area contributed by atoms with Gasteiger partial charge in [-0.05, 0) is 57.5 Å². The number of rotatable bonds is 5. The van der Waals surface area contributed by atoms with Gasteiger partial charge in [0.05, 0.1) is 34.2 Å². The van der Waals surface area contributed by atoms with E-state index in [1.54, 1.807) is 26.5 Å². The van der Waals surface area contributed by atoms with Crippen LogP contribution in [-0.2, 0) is 4.79 Å². The van der Waals surface area contributed by atoms with Gasteiger partial charge < -0.3 is 19.6 Å². The second kappa shape index (κ2) is 11.5. The fourth-order valence-electron chi connectivity index (χ4n) is 2.85. The van der Waals surface area contributed by atoms with Crippen LogP contribution in [-0.4, -0.2) is 39.7 Å². The molecule has 10 heteroatoms. The highest BCUT2D eigenvalue weighted by atomic mass is 79.9. The average molecular weight is 633 g/mol. The van der Waals surface area contributed by atoms with Crippen LogP contribution in [0.4, 0.5) is 5.82 Å². The molecule has 3 heterocycles. The van der Waals surface area contributed by atoms with Crippen molar-refractivity contribution in [1.82, 2.24) is 14.4 Å². The Kier molecular flexibility index (Phi) is 8.95. The molecule has 32 heavy (non-hydrogen) atoms. The molecule has 0 amide bonds. The van der Waals surface area contributed by atoms with Crippen LogP contribution in [0, 0.1) is 5.92 Å². The van der Waals surface area contributed by atoms with Crippen molar-refractivity contribution < 1.29 is 14.3 Å². The lowest BCUT2D eigenvalue weighted by molar-refractivity contribution is -0.117. The van der Waals surface area contributed by atoms with Gasteiger partial charge in [-0.15, -0.1) is 0 Å². The molecule has 0 saturated heterocycles. The Morgan fingerprint density at radius 1 is 1.09 bits per heavy atom. The summed E-state index contributed by atoms with van der Waals surface area (Å²) in [7, 11) is 3.25. The second-order valence-electron chi connectivity index (χ2n) is 7.51. The molecular formula is C22H25Br3N4O3. The maximum atomic E-state index is 10.5. The van der Waals surface area contributed by atoms with E-state index in [0.29, 0.717) is 34.5 Å². The molecule has 2 saturated carbocycles. The molecule has 0 bridgehead atoms. The van der Waals surface area contributed by atoms with Crippen molar-refractivity contribution in [2.45, 2.75) is 31.6 Å². The summed E-state index contributed by atoms with van der Waals surface area (Å²) < 4.78 is 14.0. The maximum absolute atomic E-state index is 10.5. The quantitative estimate of drug-likeness (QED) is 0.359. The van der Waals surface area contributed by atoms with Gasteiger partial charge in [-0.25, -0.2) is 9.97 Å². The number of nitrogens with two attached hydrogens (primary N) is 1. The van der Waals surface area contributed by atoms with Crippen molar-refractivity contribution in [3.8, 4) is 11.5 Å². The van der Waals surface area contributed by atoms with Crippen molar-refractivity contribution in [2.75, 3.05) is 25.3 Å². The number of hydrogen-bond donors (Lipinski definition) is 1. The number of methoxy groups -OCH3 is 2. The molecule has 2 aliphatic rings. The van der Waals surface area contributed by atoms with Crippen LogP contribution in [0.1, 0.15) is 37.3 Å². The molecule has 7 nitrogen and oxygen atoms in total. The highest BCUT2D eigenvalue weighted by molar-refractivity contribution is 9.11. The third-order valence-corrected chi connectivity index (χ3v) is 6.71. The van der Waals surface area contributed by atoms with Crippen LogP contribution in [0.5, 0.6) is 11.5 Å². The summed E-state index contributed by atoms with van der Waals surface area (Å²) in [5, 5.41) is 0.553. The SMILES string of the molecule is COc1cc(N)ncc1Br.COc1cc2nc(C3CC3)cn2cc1Br.O=C(CBr)C1CC1. The number of nitrogen functional groups attached to an aromatic ring is 1. The van der Waals surface area contributed by atoms with Gasteiger partial charge in [0.2, 0.25) is 0 Å². The molecule has 0 aliphatic heterocycles. The molecular weight excluding hydrogens is 608 g/mol. The molecule has 0 unspecified atom stereocenters. The Hall–Kier alpha value is -1.65. The van der Waals surface area contributed by atoms with E-state index < -0.39 is 0 Å². The standard InChI is InChI=1S/C11H11BrN2O.C6H7BrN2O.C5H7BrO/c1-15-10-4-11-13-9(7-2-3-7)6-14(11)5-8(10)12;1-10-5-2-6(8)9-3-4(5)7;6-3-5(7)4-1-2-4/h4-7H,2-3H2,1H3;2-3H,1H3,(H2,8,9);4H,1-3H2. The first-order valence-corrected chi connectivity index (χ1v) is 12.8. The third kappa shape index (κ3) is 6.92. The summed E-state index contributed by atoms with van der Waals surface area (Å²) in [5.41, 5.74) is 7.55. The van der Waals surface area contributed by atoms with Crippen molar-refractivity contribution in [3.63, 3.8) is 0 Å². The Morgan fingerprint density at radius 3 is 2.25 bits per heavy atom. The van der Waals surface area contributed by atoms with E-state index in [9.17, 15) is 4.79 Å². The van der Waals surface area contributed by atoms with E-state index in [1.807, 2.05) is 16.7 Å². The molecule has 172 valence electrons. The molecule has 3 aromatic rings. The fraction of sp³-hybridized carbons (Fsp3) is 0.409. The number of carbonyl (C=O) groups is 1. The van der Waals surface area contributed by atoms with Gasteiger partial charge in [0.15, 0.2) is 0 Å². The lowest BCUT2D eigenvalue weighted by Gasteiger charge is -2.02. The number of halogens is 3. The van der Waals surface area contributed by atoms with Gasteiger partial charge in [0.25, 0.3) is 0 Å². The number of imidazole rings is 1. The fourth-order valence-corrected chi connectivity index (χ4v) is 4.18. The Bertz CT molecular complexity index is 1080. The highest BCUT2D eigenvalue weighted by Crippen LogP contribution is 2.40. The van der Waals surface area contributed by atoms with Crippen molar-refractivity contribution >= 4 is 65.0 Å². The Labute approximate surface area is 212 Å². The number of nitrogens with zero attached hydrogens (tertiary/aromatic N) is 3. The predicted molar refractivity (Wildman–Crippen MR) is 136 cm³/mol. The first-order chi connectivity index (χ1) is 15.4. The zero-order valence-electron chi connectivity index (χ0n) is 17.9. The number of ketones is 1. The first kappa shape index (κ1) is 25.0. The number of Topliss-reactive ketones (excluding diaryl/α,β-unsaturated/α-hetero) is 1. The molecule has 3 aromatic heterocycles. The minimum Gasteiger partial charge on any atom is -0.495 e. The van der Waals surface area contributed by atoms with Crippen LogP contribution >= 0.6 is 47.8 Å². The van der Waals surface area contributed by atoms with Crippen molar-refractivity contribution in [2.24, 2.45) is 5.92 Å². The molecule has 2 aliphatic carbocycles. The number of ether oxygens (including phenoxy) is 2. The number of carbonyl (C=O) groups excluding carboxylic acids is 1. The summed E-state index contributed by atoms with van der Waals surface area (Å²) in [6.07, 6.45) is 10.5.